The number of nitrogens with zero attached hydrogens (tertiary/aromatic N) is 4. The van der Waals surface area contributed by atoms with Crippen molar-refractivity contribution in [3.63, 3.8) is 0 Å². The van der Waals surface area contributed by atoms with Crippen LogP contribution in [0, 0.1) is 18.8 Å². The van der Waals surface area contributed by atoms with Gasteiger partial charge in [-0.1, -0.05) is 44.9 Å². The molecule has 150 valence electrons. The van der Waals surface area contributed by atoms with E-state index in [1.165, 1.54) is 12.8 Å². The fourth-order valence-corrected chi connectivity index (χ4v) is 5.02. The first kappa shape index (κ1) is 19.1. The van der Waals surface area contributed by atoms with E-state index in [-0.39, 0.29) is 11.3 Å². The van der Waals surface area contributed by atoms with Crippen molar-refractivity contribution in [1.29, 1.82) is 0 Å². The van der Waals surface area contributed by atoms with E-state index in [1.807, 2.05) is 42.2 Å². The fraction of sp³-hybridized carbons (Fsp3) is 0.591. The number of aromatic amines is 1. The van der Waals surface area contributed by atoms with Gasteiger partial charge in [-0.3, -0.25) is 9.89 Å². The molecule has 1 amide bonds. The van der Waals surface area contributed by atoms with Gasteiger partial charge in [-0.2, -0.15) is 5.10 Å². The number of amides is 1. The van der Waals surface area contributed by atoms with E-state index < -0.39 is 0 Å². The topological polar surface area (TPSA) is 65.1 Å². The number of likely N-dealkylation sites (tertiary alicyclic amines) is 2. The van der Waals surface area contributed by atoms with E-state index in [2.05, 4.69) is 28.9 Å². The van der Waals surface area contributed by atoms with Crippen LogP contribution in [-0.2, 0) is 5.41 Å². The minimum Gasteiger partial charge on any atom is -0.337 e. The highest BCUT2D eigenvalue weighted by atomic mass is 16.2. The first-order chi connectivity index (χ1) is 13.6. The average Bonchev–Trinajstić information content (AvgIpc) is 3.38. The number of benzene rings is 1. The number of hydrogen-bond acceptors (Lipinski definition) is 4. The van der Waals surface area contributed by atoms with E-state index in [0.717, 1.165) is 49.3 Å². The van der Waals surface area contributed by atoms with Gasteiger partial charge in [0.25, 0.3) is 5.91 Å². The summed E-state index contributed by atoms with van der Waals surface area (Å²) in [6, 6.07) is 9.61. The molecular formula is C22H31N5O. The first-order valence-electron chi connectivity index (χ1n) is 10.5. The predicted molar refractivity (Wildman–Crippen MR) is 109 cm³/mol. The number of fused-ring (bicyclic) bond motifs is 1. The molecule has 2 saturated heterocycles. The summed E-state index contributed by atoms with van der Waals surface area (Å²) < 4.78 is 0. The number of aromatic nitrogens is 3. The van der Waals surface area contributed by atoms with E-state index in [0.29, 0.717) is 12.5 Å². The van der Waals surface area contributed by atoms with Crippen LogP contribution in [-0.4, -0.2) is 63.6 Å². The van der Waals surface area contributed by atoms with Gasteiger partial charge in [0.2, 0.25) is 0 Å². The SMILES string of the molecule is CCC(CC)CN1C[C@@H]2CN(C(=O)c3ccccc3)C[C@]2(c2n[nH]c(C)n2)C1. The molecule has 0 aliphatic carbocycles. The highest BCUT2D eigenvalue weighted by Crippen LogP contribution is 2.44. The van der Waals surface area contributed by atoms with Gasteiger partial charge < -0.3 is 9.80 Å². The van der Waals surface area contributed by atoms with Gasteiger partial charge in [0, 0.05) is 44.2 Å². The van der Waals surface area contributed by atoms with Crippen molar-refractivity contribution in [3.05, 3.63) is 47.5 Å². The third kappa shape index (κ3) is 3.34. The summed E-state index contributed by atoms with van der Waals surface area (Å²) in [5, 5.41) is 7.57. The molecule has 0 radical (unpaired) electrons. The maximum Gasteiger partial charge on any atom is 0.253 e. The zero-order chi connectivity index (χ0) is 19.7. The van der Waals surface area contributed by atoms with E-state index in [9.17, 15) is 4.79 Å². The normalized spacial score (nSPS) is 24.9. The van der Waals surface area contributed by atoms with Crippen LogP contribution in [0.5, 0.6) is 0 Å². The van der Waals surface area contributed by atoms with Crippen molar-refractivity contribution < 1.29 is 4.79 Å². The van der Waals surface area contributed by atoms with Crippen LogP contribution in [0.25, 0.3) is 0 Å². The molecule has 1 aromatic carbocycles. The highest BCUT2D eigenvalue weighted by molar-refractivity contribution is 5.94. The van der Waals surface area contributed by atoms with Crippen LogP contribution < -0.4 is 0 Å². The molecule has 2 aliphatic rings. The van der Waals surface area contributed by atoms with E-state index in [4.69, 9.17) is 4.98 Å². The molecule has 1 N–H and O–H groups in total. The molecule has 4 rings (SSSR count). The standard InChI is InChI=1S/C22H31N5O/c1-4-17(5-2)11-26-12-19-13-27(20(28)18-9-7-6-8-10-18)15-22(19,14-26)21-23-16(3)24-25-21/h6-10,17,19H,4-5,11-15H2,1-3H3,(H,23,24,25)/t19-,22-/m1/s1. The lowest BCUT2D eigenvalue weighted by Gasteiger charge is -2.28. The second-order valence-electron chi connectivity index (χ2n) is 8.53. The Balaban J connectivity index is 1.58. The van der Waals surface area contributed by atoms with Crippen molar-refractivity contribution in [2.45, 2.75) is 39.0 Å². The van der Waals surface area contributed by atoms with Gasteiger partial charge >= 0.3 is 0 Å². The molecular weight excluding hydrogens is 350 g/mol. The Morgan fingerprint density at radius 1 is 1.21 bits per heavy atom. The van der Waals surface area contributed by atoms with Crippen LogP contribution in [0.1, 0.15) is 48.7 Å². The molecule has 2 aliphatic heterocycles. The zero-order valence-corrected chi connectivity index (χ0v) is 17.2. The zero-order valence-electron chi connectivity index (χ0n) is 17.2. The number of rotatable bonds is 6. The van der Waals surface area contributed by atoms with Crippen molar-refractivity contribution in [2.24, 2.45) is 11.8 Å². The number of H-pyrrole nitrogens is 1. The number of nitrogens with one attached hydrogen (secondary N) is 1. The second kappa shape index (κ2) is 7.66. The van der Waals surface area contributed by atoms with Gasteiger partial charge in [-0.25, -0.2) is 4.98 Å². The van der Waals surface area contributed by atoms with Crippen molar-refractivity contribution >= 4 is 5.91 Å². The van der Waals surface area contributed by atoms with Gasteiger partial charge in [-0.05, 0) is 25.0 Å². The number of carbonyl (C=O) groups is 1. The summed E-state index contributed by atoms with van der Waals surface area (Å²) in [4.78, 5) is 22.4. The molecule has 6 nitrogen and oxygen atoms in total. The Hall–Kier alpha value is -2.21. The summed E-state index contributed by atoms with van der Waals surface area (Å²) in [6.45, 7) is 11.1. The molecule has 2 atom stereocenters. The van der Waals surface area contributed by atoms with Gasteiger partial charge in [-0.15, -0.1) is 0 Å². The lowest BCUT2D eigenvalue weighted by molar-refractivity contribution is 0.0767. The smallest absolute Gasteiger partial charge is 0.253 e. The Kier molecular flexibility index (Phi) is 5.23. The average molecular weight is 382 g/mol. The van der Waals surface area contributed by atoms with Gasteiger partial charge in [0.05, 0.1) is 5.41 Å². The van der Waals surface area contributed by atoms with Crippen LogP contribution in [0.4, 0.5) is 0 Å². The third-order valence-corrected chi connectivity index (χ3v) is 6.70. The molecule has 2 aromatic rings. The summed E-state index contributed by atoms with van der Waals surface area (Å²) >= 11 is 0. The van der Waals surface area contributed by atoms with Crippen LogP contribution in [0.2, 0.25) is 0 Å². The Bertz CT molecular complexity index is 815. The van der Waals surface area contributed by atoms with Crippen molar-refractivity contribution in [1.82, 2.24) is 25.0 Å². The lowest BCUT2D eigenvalue weighted by atomic mass is 9.80. The maximum absolute atomic E-state index is 13.1. The molecule has 0 saturated carbocycles. The fourth-order valence-electron chi connectivity index (χ4n) is 5.02. The van der Waals surface area contributed by atoms with Crippen molar-refractivity contribution in [2.75, 3.05) is 32.7 Å². The lowest BCUT2D eigenvalue weighted by Crippen LogP contribution is -2.41. The maximum atomic E-state index is 13.1. The van der Waals surface area contributed by atoms with Gasteiger partial charge in [0.1, 0.15) is 5.82 Å². The molecule has 28 heavy (non-hydrogen) atoms. The number of hydrogen-bond donors (Lipinski definition) is 1. The molecule has 0 unspecified atom stereocenters. The summed E-state index contributed by atoms with van der Waals surface area (Å²) in [5.41, 5.74) is 0.596. The molecule has 3 heterocycles. The molecule has 1 aromatic heterocycles. The van der Waals surface area contributed by atoms with E-state index in [1.54, 1.807) is 0 Å². The summed E-state index contributed by atoms with van der Waals surface area (Å²) in [7, 11) is 0. The Morgan fingerprint density at radius 3 is 2.61 bits per heavy atom. The Labute approximate surface area is 167 Å². The van der Waals surface area contributed by atoms with E-state index >= 15 is 0 Å². The molecule has 2 fully saturated rings. The molecule has 0 bridgehead atoms. The molecule has 0 spiro atoms. The first-order valence-corrected chi connectivity index (χ1v) is 10.5. The third-order valence-electron chi connectivity index (χ3n) is 6.70. The number of aryl methyl sites for hydroxylation is 1. The largest absolute Gasteiger partial charge is 0.337 e. The van der Waals surface area contributed by atoms with Crippen LogP contribution in [0.15, 0.2) is 30.3 Å². The Morgan fingerprint density at radius 2 is 1.96 bits per heavy atom. The quantitative estimate of drug-likeness (QED) is 0.836. The predicted octanol–water partition coefficient (Wildman–Crippen LogP) is 2.87. The van der Waals surface area contributed by atoms with Gasteiger partial charge in [0.15, 0.2) is 5.82 Å². The second-order valence-corrected chi connectivity index (χ2v) is 8.53. The monoisotopic (exact) mass is 381 g/mol. The summed E-state index contributed by atoms with van der Waals surface area (Å²) in [6.07, 6.45) is 2.42. The van der Waals surface area contributed by atoms with Crippen LogP contribution >= 0.6 is 0 Å². The van der Waals surface area contributed by atoms with Crippen molar-refractivity contribution in [3.8, 4) is 0 Å². The number of carbonyl (C=O) groups excluding carboxylic acids is 1. The minimum absolute atomic E-state index is 0.119. The van der Waals surface area contributed by atoms with Crippen LogP contribution in [0.3, 0.4) is 0 Å². The minimum atomic E-state index is -0.165. The molecule has 6 heteroatoms. The summed E-state index contributed by atoms with van der Waals surface area (Å²) in [5.74, 6) is 2.95. The highest BCUT2D eigenvalue weighted by Gasteiger charge is 2.56.